The second kappa shape index (κ2) is 4.91. The van der Waals surface area contributed by atoms with Gasteiger partial charge in [0.1, 0.15) is 5.82 Å². The monoisotopic (exact) mass is 187 g/mol. The van der Waals surface area contributed by atoms with E-state index in [1.165, 1.54) is 12.1 Å². The third kappa shape index (κ3) is 2.64. The summed E-state index contributed by atoms with van der Waals surface area (Å²) in [6.07, 6.45) is 1.58. The van der Waals surface area contributed by atoms with Crippen molar-refractivity contribution in [3.63, 3.8) is 0 Å². The Bertz CT molecular complexity index is 262. The fourth-order valence-electron chi connectivity index (χ4n) is 0.850. The molecule has 3 heteroatoms. The van der Waals surface area contributed by atoms with E-state index in [9.17, 15) is 4.39 Å². The first-order valence-corrected chi connectivity index (χ1v) is 3.37. The predicted octanol–water partition coefficient (Wildman–Crippen LogP) is 2.43. The topological polar surface area (TPSA) is 26.0 Å². The Morgan fingerprint density at radius 2 is 2.17 bits per heavy atom. The summed E-state index contributed by atoms with van der Waals surface area (Å²) in [7, 11) is 0. The average Bonchev–Trinajstić information content (AvgIpc) is 2.03. The highest BCUT2D eigenvalue weighted by Crippen LogP contribution is 2.11. The van der Waals surface area contributed by atoms with Crippen molar-refractivity contribution < 1.29 is 4.39 Å². The molecular weight excluding hydrogens is 177 g/mol. The van der Waals surface area contributed by atoms with Gasteiger partial charge in [-0.05, 0) is 17.7 Å². The van der Waals surface area contributed by atoms with Crippen molar-refractivity contribution in [3.8, 4) is 0 Å². The molecule has 1 rings (SSSR count). The molecule has 66 valence electrons. The summed E-state index contributed by atoms with van der Waals surface area (Å²) < 4.78 is 12.6. The van der Waals surface area contributed by atoms with Gasteiger partial charge < -0.3 is 5.73 Å². The third-order valence-electron chi connectivity index (χ3n) is 1.49. The molecule has 0 aliphatic heterocycles. The summed E-state index contributed by atoms with van der Waals surface area (Å²) in [6, 6.07) is 5.93. The van der Waals surface area contributed by atoms with Crippen LogP contribution in [0.4, 0.5) is 4.39 Å². The van der Waals surface area contributed by atoms with E-state index >= 15 is 0 Å². The van der Waals surface area contributed by atoms with Crippen LogP contribution in [0, 0.1) is 5.82 Å². The Morgan fingerprint density at radius 3 is 2.67 bits per heavy atom. The molecule has 0 bridgehead atoms. The number of hydrogen-bond donors (Lipinski definition) is 1. The van der Waals surface area contributed by atoms with Crippen molar-refractivity contribution >= 4 is 12.4 Å². The normalized spacial score (nSPS) is 11.5. The minimum absolute atomic E-state index is 0. The summed E-state index contributed by atoms with van der Waals surface area (Å²) in [4.78, 5) is 0. The third-order valence-corrected chi connectivity index (χ3v) is 1.49. The van der Waals surface area contributed by atoms with Gasteiger partial charge in [0.15, 0.2) is 0 Å². The van der Waals surface area contributed by atoms with Crippen molar-refractivity contribution in [1.82, 2.24) is 0 Å². The zero-order chi connectivity index (χ0) is 8.27. The first kappa shape index (κ1) is 11.1. The van der Waals surface area contributed by atoms with Crippen molar-refractivity contribution in [1.29, 1.82) is 0 Å². The molecule has 0 heterocycles. The first-order valence-electron chi connectivity index (χ1n) is 3.37. The largest absolute Gasteiger partial charge is 0.321 e. The van der Waals surface area contributed by atoms with E-state index in [4.69, 9.17) is 5.73 Å². The smallest absolute Gasteiger partial charge is 0.123 e. The molecule has 0 aliphatic rings. The van der Waals surface area contributed by atoms with Crippen molar-refractivity contribution in [2.45, 2.75) is 6.04 Å². The molecule has 0 amide bonds. The van der Waals surface area contributed by atoms with E-state index in [2.05, 4.69) is 6.58 Å². The van der Waals surface area contributed by atoms with E-state index in [1.54, 1.807) is 18.2 Å². The summed E-state index contributed by atoms with van der Waals surface area (Å²) in [5, 5.41) is 0. The van der Waals surface area contributed by atoms with Gasteiger partial charge in [-0.3, -0.25) is 0 Å². The van der Waals surface area contributed by atoms with Crippen LogP contribution in [-0.2, 0) is 0 Å². The first-order chi connectivity index (χ1) is 5.24. The van der Waals surface area contributed by atoms with Crippen LogP contribution in [0.1, 0.15) is 11.6 Å². The molecule has 0 fully saturated rings. The van der Waals surface area contributed by atoms with Gasteiger partial charge in [-0.25, -0.2) is 4.39 Å². The van der Waals surface area contributed by atoms with Crippen molar-refractivity contribution in [2.75, 3.05) is 0 Å². The van der Waals surface area contributed by atoms with Crippen LogP contribution in [0.2, 0.25) is 0 Å². The molecule has 0 saturated heterocycles. The Kier molecular flexibility index (Phi) is 4.55. The van der Waals surface area contributed by atoms with Gasteiger partial charge in [0.05, 0.1) is 0 Å². The summed E-state index contributed by atoms with van der Waals surface area (Å²) in [5.74, 6) is -0.264. The zero-order valence-corrected chi connectivity index (χ0v) is 7.35. The minimum atomic E-state index is -0.273. The highest BCUT2D eigenvalue weighted by atomic mass is 35.5. The van der Waals surface area contributed by atoms with E-state index in [1.807, 2.05) is 0 Å². The highest BCUT2D eigenvalue weighted by molar-refractivity contribution is 5.85. The Hall–Kier alpha value is -0.860. The lowest BCUT2D eigenvalue weighted by molar-refractivity contribution is 0.624. The standard InChI is InChI=1S/C9H10FN.ClH/c1-2-9(11)7-4-3-5-8(10)6-7;/h2-6,9H,1,11H2;1H/t9-;/m1./s1. The molecule has 0 radical (unpaired) electrons. The molecular formula is C9H11ClFN. The fraction of sp³-hybridized carbons (Fsp3) is 0.111. The quantitative estimate of drug-likeness (QED) is 0.708. The van der Waals surface area contributed by atoms with Crippen LogP contribution in [-0.4, -0.2) is 0 Å². The van der Waals surface area contributed by atoms with Crippen LogP contribution in [0.3, 0.4) is 0 Å². The van der Waals surface area contributed by atoms with Gasteiger partial charge in [-0.2, -0.15) is 0 Å². The van der Waals surface area contributed by atoms with Gasteiger partial charge in [0, 0.05) is 6.04 Å². The van der Waals surface area contributed by atoms with E-state index in [-0.39, 0.29) is 24.3 Å². The molecule has 0 spiro atoms. The number of rotatable bonds is 2. The number of benzene rings is 1. The van der Waals surface area contributed by atoms with E-state index in [0.717, 1.165) is 5.56 Å². The second-order valence-electron chi connectivity index (χ2n) is 2.32. The van der Waals surface area contributed by atoms with Crippen LogP contribution >= 0.6 is 12.4 Å². The van der Waals surface area contributed by atoms with Gasteiger partial charge >= 0.3 is 0 Å². The summed E-state index contributed by atoms with van der Waals surface area (Å²) in [5.41, 5.74) is 6.33. The average molecular weight is 188 g/mol. The molecule has 0 unspecified atom stereocenters. The molecule has 1 aromatic carbocycles. The fourth-order valence-corrected chi connectivity index (χ4v) is 0.850. The van der Waals surface area contributed by atoms with Gasteiger partial charge in [0.25, 0.3) is 0 Å². The lowest BCUT2D eigenvalue weighted by Gasteiger charge is -2.04. The molecule has 0 saturated carbocycles. The maximum atomic E-state index is 12.6. The lowest BCUT2D eigenvalue weighted by Crippen LogP contribution is -2.06. The molecule has 0 aromatic heterocycles. The molecule has 0 aliphatic carbocycles. The molecule has 12 heavy (non-hydrogen) atoms. The number of hydrogen-bond acceptors (Lipinski definition) is 1. The maximum Gasteiger partial charge on any atom is 0.123 e. The maximum absolute atomic E-state index is 12.6. The van der Waals surface area contributed by atoms with Gasteiger partial charge in [-0.15, -0.1) is 19.0 Å². The molecule has 2 N–H and O–H groups in total. The van der Waals surface area contributed by atoms with Crippen LogP contribution in [0.5, 0.6) is 0 Å². The summed E-state index contributed by atoms with van der Waals surface area (Å²) >= 11 is 0. The van der Waals surface area contributed by atoms with Crippen molar-refractivity contribution in [2.24, 2.45) is 5.73 Å². The molecule has 1 nitrogen and oxygen atoms in total. The Morgan fingerprint density at radius 1 is 1.50 bits per heavy atom. The lowest BCUT2D eigenvalue weighted by atomic mass is 10.1. The zero-order valence-electron chi connectivity index (χ0n) is 6.53. The van der Waals surface area contributed by atoms with Crippen molar-refractivity contribution in [3.05, 3.63) is 48.3 Å². The van der Waals surface area contributed by atoms with Crippen LogP contribution in [0.15, 0.2) is 36.9 Å². The number of halogens is 2. The second-order valence-corrected chi connectivity index (χ2v) is 2.32. The molecule has 1 atom stereocenters. The number of nitrogens with two attached hydrogens (primary N) is 1. The van der Waals surface area contributed by atoms with Crippen LogP contribution in [0.25, 0.3) is 0 Å². The van der Waals surface area contributed by atoms with E-state index in [0.29, 0.717) is 0 Å². The Balaban J connectivity index is 0.00000121. The van der Waals surface area contributed by atoms with E-state index < -0.39 is 0 Å². The summed E-state index contributed by atoms with van der Waals surface area (Å²) in [6.45, 7) is 3.52. The molecule has 1 aromatic rings. The van der Waals surface area contributed by atoms with Crippen LogP contribution < -0.4 is 5.73 Å². The van der Waals surface area contributed by atoms with Gasteiger partial charge in [-0.1, -0.05) is 18.2 Å². The SMILES string of the molecule is C=C[C@@H](N)c1cccc(F)c1.Cl. The Labute approximate surface area is 77.5 Å². The van der Waals surface area contributed by atoms with Gasteiger partial charge in [0.2, 0.25) is 0 Å². The highest BCUT2D eigenvalue weighted by Gasteiger charge is 2.00. The minimum Gasteiger partial charge on any atom is -0.321 e. The predicted molar refractivity (Wildman–Crippen MR) is 50.8 cm³/mol.